The molecule has 0 fully saturated rings. The van der Waals surface area contributed by atoms with E-state index in [1.165, 1.54) is 6.07 Å². The zero-order valence-corrected chi connectivity index (χ0v) is 9.39. The van der Waals surface area contributed by atoms with Crippen LogP contribution in [0.4, 0.5) is 4.39 Å². The molecule has 1 atom stereocenters. The summed E-state index contributed by atoms with van der Waals surface area (Å²) in [6, 6.07) is 4.69. The highest BCUT2D eigenvalue weighted by Crippen LogP contribution is 2.18. The highest BCUT2D eigenvalue weighted by Gasteiger charge is 2.06. The van der Waals surface area contributed by atoms with Crippen molar-refractivity contribution in [2.24, 2.45) is 0 Å². The fraction of sp³-hybridized carbons (Fsp3) is 0.455. The molecule has 2 nitrogen and oxygen atoms in total. The third-order valence-electron chi connectivity index (χ3n) is 2.20. The topological polar surface area (TPSA) is 32.3 Å². The van der Waals surface area contributed by atoms with E-state index in [-0.39, 0.29) is 18.5 Å². The monoisotopic (exact) mass is 231 g/mol. The molecule has 0 aliphatic heterocycles. The summed E-state index contributed by atoms with van der Waals surface area (Å²) in [4.78, 5) is 0. The van der Waals surface area contributed by atoms with Crippen LogP contribution in [0.3, 0.4) is 0 Å². The molecule has 4 heteroatoms. The van der Waals surface area contributed by atoms with Crippen LogP contribution < -0.4 is 5.32 Å². The molecule has 0 heterocycles. The SMILES string of the molecule is CC(CO)NCCc1c(F)cccc1Cl. The molecule has 0 bridgehead atoms. The molecule has 0 aromatic heterocycles. The Kier molecular flexibility index (Phi) is 5.02. The van der Waals surface area contributed by atoms with Crippen molar-refractivity contribution < 1.29 is 9.50 Å². The zero-order chi connectivity index (χ0) is 11.3. The van der Waals surface area contributed by atoms with Gasteiger partial charge in [-0.3, -0.25) is 0 Å². The summed E-state index contributed by atoms with van der Waals surface area (Å²) in [5, 5.41) is 12.3. The number of rotatable bonds is 5. The first-order chi connectivity index (χ1) is 7.15. The second-order valence-corrected chi connectivity index (χ2v) is 3.90. The third-order valence-corrected chi connectivity index (χ3v) is 2.56. The van der Waals surface area contributed by atoms with Gasteiger partial charge in [-0.05, 0) is 32.0 Å². The number of halogens is 2. The molecule has 1 aromatic carbocycles. The minimum absolute atomic E-state index is 0.0237. The van der Waals surface area contributed by atoms with E-state index in [1.807, 2.05) is 6.92 Å². The number of aliphatic hydroxyl groups excluding tert-OH is 1. The maximum absolute atomic E-state index is 13.3. The maximum atomic E-state index is 13.3. The molecule has 0 saturated heterocycles. The lowest BCUT2D eigenvalue weighted by Gasteiger charge is -2.11. The summed E-state index contributed by atoms with van der Waals surface area (Å²) < 4.78 is 13.3. The van der Waals surface area contributed by atoms with Crippen LogP contribution in [0.1, 0.15) is 12.5 Å². The van der Waals surface area contributed by atoms with Gasteiger partial charge in [-0.1, -0.05) is 17.7 Å². The molecule has 2 N–H and O–H groups in total. The van der Waals surface area contributed by atoms with Gasteiger partial charge in [-0.15, -0.1) is 0 Å². The molecular formula is C11H15ClFNO. The molecule has 1 rings (SSSR count). The Hall–Kier alpha value is -0.640. The Morgan fingerprint density at radius 2 is 2.27 bits per heavy atom. The van der Waals surface area contributed by atoms with Gasteiger partial charge in [0, 0.05) is 16.6 Å². The first-order valence-corrected chi connectivity index (χ1v) is 5.30. The smallest absolute Gasteiger partial charge is 0.127 e. The van der Waals surface area contributed by atoms with Crippen LogP contribution >= 0.6 is 11.6 Å². The van der Waals surface area contributed by atoms with E-state index in [0.29, 0.717) is 23.6 Å². The molecule has 0 aliphatic carbocycles. The largest absolute Gasteiger partial charge is 0.395 e. The highest BCUT2D eigenvalue weighted by molar-refractivity contribution is 6.31. The van der Waals surface area contributed by atoms with E-state index in [4.69, 9.17) is 16.7 Å². The highest BCUT2D eigenvalue weighted by atomic mass is 35.5. The molecular weight excluding hydrogens is 217 g/mol. The predicted molar refractivity (Wildman–Crippen MR) is 59.7 cm³/mol. The second-order valence-electron chi connectivity index (χ2n) is 3.49. The van der Waals surface area contributed by atoms with Crippen molar-refractivity contribution in [3.8, 4) is 0 Å². The van der Waals surface area contributed by atoms with Gasteiger partial charge >= 0.3 is 0 Å². The van der Waals surface area contributed by atoms with Crippen molar-refractivity contribution in [1.82, 2.24) is 5.32 Å². The molecule has 1 unspecified atom stereocenters. The van der Waals surface area contributed by atoms with Gasteiger partial charge in [0.05, 0.1) is 6.61 Å². The van der Waals surface area contributed by atoms with Crippen molar-refractivity contribution in [1.29, 1.82) is 0 Å². The van der Waals surface area contributed by atoms with Crippen molar-refractivity contribution in [3.63, 3.8) is 0 Å². The summed E-state index contributed by atoms with van der Waals surface area (Å²) in [5.74, 6) is -0.277. The van der Waals surface area contributed by atoms with E-state index in [1.54, 1.807) is 12.1 Å². The molecule has 84 valence electrons. The Morgan fingerprint density at radius 3 is 2.87 bits per heavy atom. The Balaban J connectivity index is 2.50. The predicted octanol–water partition coefficient (Wildman–Crippen LogP) is 1.99. The molecule has 0 saturated carbocycles. The van der Waals surface area contributed by atoms with E-state index >= 15 is 0 Å². The summed E-state index contributed by atoms with van der Waals surface area (Å²) in [6.07, 6.45) is 0.524. The van der Waals surface area contributed by atoms with Crippen molar-refractivity contribution in [2.75, 3.05) is 13.2 Å². The third kappa shape index (κ3) is 3.78. The van der Waals surface area contributed by atoms with Crippen molar-refractivity contribution >= 4 is 11.6 Å². The van der Waals surface area contributed by atoms with Crippen LogP contribution in [0.5, 0.6) is 0 Å². The number of nitrogens with one attached hydrogen (secondary N) is 1. The summed E-state index contributed by atoms with van der Waals surface area (Å²) in [6.45, 7) is 2.54. The van der Waals surface area contributed by atoms with Gasteiger partial charge < -0.3 is 10.4 Å². The quantitative estimate of drug-likeness (QED) is 0.813. The minimum Gasteiger partial charge on any atom is -0.395 e. The van der Waals surface area contributed by atoms with E-state index in [9.17, 15) is 4.39 Å². The lowest BCUT2D eigenvalue weighted by molar-refractivity contribution is 0.252. The molecule has 1 aromatic rings. The number of benzene rings is 1. The van der Waals surface area contributed by atoms with Crippen LogP contribution in [0.25, 0.3) is 0 Å². The summed E-state index contributed by atoms with van der Waals surface area (Å²) >= 11 is 5.86. The van der Waals surface area contributed by atoms with Crippen LogP contribution in [-0.2, 0) is 6.42 Å². The Bertz CT molecular complexity index is 299. The van der Waals surface area contributed by atoms with Crippen molar-refractivity contribution in [3.05, 3.63) is 34.6 Å². The number of aliphatic hydroxyl groups is 1. The fourth-order valence-corrected chi connectivity index (χ4v) is 1.54. The average Bonchev–Trinajstić information content (AvgIpc) is 2.22. The zero-order valence-electron chi connectivity index (χ0n) is 8.63. The standard InChI is InChI=1S/C11H15ClFNO/c1-8(7-15)14-6-5-9-10(12)3-2-4-11(9)13/h2-4,8,14-15H,5-7H2,1H3. The number of hydrogen-bond donors (Lipinski definition) is 2. The van der Waals surface area contributed by atoms with E-state index < -0.39 is 0 Å². The van der Waals surface area contributed by atoms with Gasteiger partial charge in [0.15, 0.2) is 0 Å². The molecule has 0 amide bonds. The minimum atomic E-state index is -0.277. The van der Waals surface area contributed by atoms with Gasteiger partial charge in [0.25, 0.3) is 0 Å². The molecule has 15 heavy (non-hydrogen) atoms. The lowest BCUT2D eigenvalue weighted by atomic mass is 10.1. The van der Waals surface area contributed by atoms with Gasteiger partial charge in [0.1, 0.15) is 5.82 Å². The number of hydrogen-bond acceptors (Lipinski definition) is 2. The van der Waals surface area contributed by atoms with Gasteiger partial charge in [-0.2, -0.15) is 0 Å². The first kappa shape index (κ1) is 12.4. The Labute approximate surface area is 94.1 Å². The summed E-state index contributed by atoms with van der Waals surface area (Å²) in [7, 11) is 0. The van der Waals surface area contributed by atoms with Crippen molar-refractivity contribution in [2.45, 2.75) is 19.4 Å². The van der Waals surface area contributed by atoms with Crippen LogP contribution in [-0.4, -0.2) is 24.3 Å². The van der Waals surface area contributed by atoms with Crippen LogP contribution in [0.15, 0.2) is 18.2 Å². The normalized spacial score (nSPS) is 12.8. The van der Waals surface area contributed by atoms with Crippen LogP contribution in [0.2, 0.25) is 5.02 Å². The first-order valence-electron chi connectivity index (χ1n) is 4.92. The molecule has 0 spiro atoms. The lowest BCUT2D eigenvalue weighted by Crippen LogP contribution is -2.31. The second kappa shape index (κ2) is 6.05. The maximum Gasteiger partial charge on any atom is 0.127 e. The average molecular weight is 232 g/mol. The van der Waals surface area contributed by atoms with Crippen LogP contribution in [0, 0.1) is 5.82 Å². The van der Waals surface area contributed by atoms with Gasteiger partial charge in [0.2, 0.25) is 0 Å². The summed E-state index contributed by atoms with van der Waals surface area (Å²) in [5.41, 5.74) is 0.525. The molecule has 0 aliphatic rings. The van der Waals surface area contributed by atoms with E-state index in [2.05, 4.69) is 5.32 Å². The molecule has 0 radical (unpaired) electrons. The van der Waals surface area contributed by atoms with E-state index in [0.717, 1.165) is 0 Å². The Morgan fingerprint density at radius 1 is 1.53 bits per heavy atom. The fourth-order valence-electron chi connectivity index (χ4n) is 1.28. The van der Waals surface area contributed by atoms with Gasteiger partial charge in [-0.25, -0.2) is 4.39 Å².